The lowest BCUT2D eigenvalue weighted by Gasteiger charge is -2.35. The maximum Gasteiger partial charge on any atom is 0.119 e. The van der Waals surface area contributed by atoms with Crippen LogP contribution in [0.3, 0.4) is 0 Å². The number of hydrogen-bond donors (Lipinski definition) is 0. The van der Waals surface area contributed by atoms with Crippen molar-refractivity contribution < 1.29 is 12.4 Å². The Morgan fingerprint density at radius 3 is 1.10 bits per heavy atom. The minimum Gasteiger partial charge on any atom is -1.00 e. The predicted molar refractivity (Wildman–Crippen MR) is 180 cm³/mol. The smallest absolute Gasteiger partial charge is 0.119 e. The van der Waals surface area contributed by atoms with E-state index in [1.54, 1.807) is 0 Å². The van der Waals surface area contributed by atoms with Crippen molar-refractivity contribution in [1.29, 1.82) is 0 Å². The number of unbranched alkanes of at least 4 members (excludes halogenated alkanes) is 11. The van der Waals surface area contributed by atoms with Crippen LogP contribution in [0.5, 0.6) is 0 Å². The molecule has 0 nitrogen and oxygen atoms in total. The van der Waals surface area contributed by atoms with Crippen molar-refractivity contribution in [3.8, 4) is 0 Å². The Kier molecular flexibility index (Phi) is 15.3. The Balaban J connectivity index is 0.00000462. The topological polar surface area (TPSA) is 0 Å². The minimum absolute atomic E-state index is 0. The highest BCUT2D eigenvalue weighted by molar-refractivity contribution is 7.96. The first-order chi connectivity index (χ1) is 19.9. The van der Waals surface area contributed by atoms with E-state index in [-0.39, 0.29) is 12.4 Å². The first kappa shape index (κ1) is 33.1. The first-order valence-corrected chi connectivity index (χ1v) is 17.8. The molecule has 4 aromatic rings. The fourth-order valence-corrected chi connectivity index (χ4v) is 11.5. The van der Waals surface area contributed by atoms with Crippen molar-refractivity contribution in [2.24, 2.45) is 0 Å². The molecule has 1 atom stereocenters. The summed E-state index contributed by atoms with van der Waals surface area (Å²) in [6.07, 6.45) is 17.9. The second-order valence-electron chi connectivity index (χ2n) is 11.3. The van der Waals surface area contributed by atoms with Crippen LogP contribution in [0.2, 0.25) is 0 Å². The summed E-state index contributed by atoms with van der Waals surface area (Å²) in [5, 5.41) is 4.46. The van der Waals surface area contributed by atoms with Crippen LogP contribution in [0, 0.1) is 0 Å². The van der Waals surface area contributed by atoms with Crippen LogP contribution in [-0.4, -0.2) is 0 Å². The largest absolute Gasteiger partial charge is 1.00 e. The molecule has 0 radical (unpaired) electrons. The van der Waals surface area contributed by atoms with E-state index in [1.165, 1.54) is 105 Å². The summed E-state index contributed by atoms with van der Waals surface area (Å²) < 4.78 is 0. The zero-order chi connectivity index (χ0) is 27.7. The fraction of sp³-hybridized carbons (Fsp3) is 0.385. The summed E-state index contributed by atoms with van der Waals surface area (Å²) in [7, 11) is -1.97. The summed E-state index contributed by atoms with van der Waals surface area (Å²) in [6.45, 7) is 2.30. The molecule has 41 heavy (non-hydrogen) atoms. The van der Waals surface area contributed by atoms with Crippen LogP contribution >= 0.6 is 7.26 Å². The number of benzene rings is 4. The lowest BCUT2D eigenvalue weighted by Crippen LogP contribution is -3.00. The van der Waals surface area contributed by atoms with Gasteiger partial charge < -0.3 is 12.4 Å². The Morgan fingerprint density at radius 2 is 0.732 bits per heavy atom. The van der Waals surface area contributed by atoms with Gasteiger partial charge >= 0.3 is 0 Å². The van der Waals surface area contributed by atoms with Crippen molar-refractivity contribution in [2.75, 3.05) is 0 Å². The van der Waals surface area contributed by atoms with E-state index in [2.05, 4.69) is 128 Å². The molecule has 0 heterocycles. The molecule has 0 aliphatic carbocycles. The van der Waals surface area contributed by atoms with Crippen molar-refractivity contribution in [3.63, 3.8) is 0 Å². The van der Waals surface area contributed by atoms with Gasteiger partial charge in [-0.25, -0.2) is 0 Å². The Hall–Kier alpha value is -2.40. The van der Waals surface area contributed by atoms with Crippen LogP contribution in [0.4, 0.5) is 0 Å². The van der Waals surface area contributed by atoms with E-state index >= 15 is 0 Å². The summed E-state index contributed by atoms with van der Waals surface area (Å²) in [5.41, 5.74) is 1.93. The molecule has 0 N–H and O–H groups in total. The highest BCUT2D eigenvalue weighted by Crippen LogP contribution is 2.68. The average molecular weight is 585 g/mol. The van der Waals surface area contributed by atoms with Crippen LogP contribution < -0.4 is 28.3 Å². The molecule has 0 spiro atoms. The number of halogens is 1. The first-order valence-electron chi connectivity index (χ1n) is 16.0. The van der Waals surface area contributed by atoms with E-state index in [0.717, 1.165) is 0 Å². The Labute approximate surface area is 257 Å². The lowest BCUT2D eigenvalue weighted by molar-refractivity contribution is -0.00000808. The molecule has 0 amide bonds. The molecule has 4 rings (SSSR count). The molecule has 2 heteroatoms. The van der Waals surface area contributed by atoms with Crippen LogP contribution in [-0.2, 0) is 0 Å². The van der Waals surface area contributed by atoms with Crippen LogP contribution in [0.1, 0.15) is 102 Å². The van der Waals surface area contributed by atoms with Gasteiger partial charge in [0.25, 0.3) is 0 Å². The van der Waals surface area contributed by atoms with Crippen molar-refractivity contribution in [1.82, 2.24) is 0 Å². The predicted octanol–water partition coefficient (Wildman–Crippen LogP) is 7.82. The average Bonchev–Trinajstić information content (AvgIpc) is 3.03. The van der Waals surface area contributed by atoms with Crippen LogP contribution in [0.25, 0.3) is 0 Å². The third-order valence-electron chi connectivity index (χ3n) is 8.47. The van der Waals surface area contributed by atoms with Crippen LogP contribution in [0.15, 0.2) is 121 Å². The van der Waals surface area contributed by atoms with Gasteiger partial charge in [-0.1, -0.05) is 162 Å². The van der Waals surface area contributed by atoms with Gasteiger partial charge in [0.1, 0.15) is 28.8 Å². The second-order valence-corrected chi connectivity index (χ2v) is 15.0. The van der Waals surface area contributed by atoms with E-state index in [9.17, 15) is 0 Å². The van der Waals surface area contributed by atoms with Gasteiger partial charge in [0.15, 0.2) is 0 Å². The maximum atomic E-state index is 2.39. The molecule has 0 saturated carbocycles. The molecule has 0 aliphatic heterocycles. The van der Waals surface area contributed by atoms with Gasteiger partial charge in [0.2, 0.25) is 0 Å². The fourth-order valence-electron chi connectivity index (χ4n) is 6.41. The standard InChI is InChI=1S/C39H50P.ClH/c1-2-3-4-5-6-7-8-9-10-11-12-25-34-39(35-26-17-13-18-27-35)40(36-28-19-14-20-29-36,37-30-21-15-22-31-37)38-32-23-16-24-33-38;/h13-24,26-33,39H,2-12,25,34H2,1H3;1H/q+1;/p-1. The summed E-state index contributed by atoms with van der Waals surface area (Å²) >= 11 is 0. The minimum atomic E-state index is -1.97. The normalized spacial score (nSPS) is 12.0. The summed E-state index contributed by atoms with van der Waals surface area (Å²) in [6, 6.07) is 45.7. The third-order valence-corrected chi connectivity index (χ3v) is 13.3. The molecule has 0 bridgehead atoms. The quantitative estimate of drug-likeness (QED) is 0.0826. The van der Waals surface area contributed by atoms with Gasteiger partial charge in [0.05, 0.1) is 0 Å². The van der Waals surface area contributed by atoms with Crippen molar-refractivity contribution in [2.45, 2.75) is 96.1 Å². The van der Waals surface area contributed by atoms with Gasteiger partial charge in [-0.3, -0.25) is 0 Å². The summed E-state index contributed by atoms with van der Waals surface area (Å²) in [4.78, 5) is 0. The summed E-state index contributed by atoms with van der Waals surface area (Å²) in [5.74, 6) is 0. The zero-order valence-corrected chi connectivity index (χ0v) is 26.8. The SMILES string of the molecule is CCCCCCCCCCCCCCC(c1ccccc1)[P+](c1ccccc1)(c1ccccc1)c1ccccc1.[Cl-]. The molecule has 0 aromatic heterocycles. The highest BCUT2D eigenvalue weighted by Gasteiger charge is 2.52. The zero-order valence-electron chi connectivity index (χ0n) is 25.1. The molecule has 4 aromatic carbocycles. The second kappa shape index (κ2) is 18.9. The van der Waals surface area contributed by atoms with Gasteiger partial charge in [-0.05, 0) is 54.8 Å². The number of hydrogen-bond acceptors (Lipinski definition) is 0. The Morgan fingerprint density at radius 1 is 0.415 bits per heavy atom. The molecular weight excluding hydrogens is 535 g/mol. The molecule has 1 unspecified atom stereocenters. The maximum absolute atomic E-state index is 2.39. The van der Waals surface area contributed by atoms with E-state index < -0.39 is 7.26 Å². The molecule has 0 saturated heterocycles. The monoisotopic (exact) mass is 584 g/mol. The highest BCUT2D eigenvalue weighted by atomic mass is 35.5. The third kappa shape index (κ3) is 9.30. The van der Waals surface area contributed by atoms with Gasteiger partial charge in [0, 0.05) is 0 Å². The van der Waals surface area contributed by atoms with E-state index in [1.807, 2.05) is 0 Å². The van der Waals surface area contributed by atoms with E-state index in [4.69, 9.17) is 0 Å². The van der Waals surface area contributed by atoms with Gasteiger partial charge in [-0.15, -0.1) is 0 Å². The lowest BCUT2D eigenvalue weighted by atomic mass is 10.0. The van der Waals surface area contributed by atoms with Gasteiger partial charge in [-0.2, -0.15) is 0 Å². The number of rotatable bonds is 18. The molecular formula is C39H50ClP. The van der Waals surface area contributed by atoms with Crippen molar-refractivity contribution in [3.05, 3.63) is 127 Å². The van der Waals surface area contributed by atoms with Crippen molar-refractivity contribution >= 4 is 23.2 Å². The molecule has 218 valence electrons. The van der Waals surface area contributed by atoms with E-state index in [0.29, 0.717) is 5.66 Å². The molecule has 0 fully saturated rings. The molecule has 0 aliphatic rings. The Bertz CT molecular complexity index is 1080.